The van der Waals surface area contributed by atoms with Crippen molar-refractivity contribution in [1.29, 1.82) is 0 Å². The summed E-state index contributed by atoms with van der Waals surface area (Å²) in [4.78, 5) is 25.1. The summed E-state index contributed by atoms with van der Waals surface area (Å²) in [5, 5.41) is 7.48. The standard InChI is InChI=1S/C30H27N9/c1-2-4-22(5-3-1)26-27(34-20-39-17-14-33-30(26)39)23-8-6-21(7-9-23)19-38-15-10-24(11-16-38)28-35-29(37-36-28)25-18-31-12-13-32-25/h1-9,12-14,17-18,20,24H,10-11,15-16,19H2,(H,35,36,37). The van der Waals surface area contributed by atoms with Crippen molar-refractivity contribution in [1.82, 2.24) is 44.4 Å². The molecule has 39 heavy (non-hydrogen) atoms. The minimum absolute atomic E-state index is 0.376. The Hall–Kier alpha value is -4.76. The first-order valence-electron chi connectivity index (χ1n) is 13.2. The summed E-state index contributed by atoms with van der Waals surface area (Å²) in [6.45, 7) is 2.96. The average molecular weight is 514 g/mol. The van der Waals surface area contributed by atoms with Crippen molar-refractivity contribution in [2.75, 3.05) is 13.1 Å². The number of fused-ring (bicyclic) bond motifs is 1. The van der Waals surface area contributed by atoms with E-state index in [1.807, 2.05) is 29.2 Å². The van der Waals surface area contributed by atoms with E-state index in [4.69, 9.17) is 9.97 Å². The van der Waals surface area contributed by atoms with E-state index in [0.29, 0.717) is 17.4 Å². The summed E-state index contributed by atoms with van der Waals surface area (Å²) in [5.41, 5.74) is 7.09. The van der Waals surface area contributed by atoms with E-state index in [0.717, 1.165) is 66.3 Å². The summed E-state index contributed by atoms with van der Waals surface area (Å²) >= 11 is 0. The van der Waals surface area contributed by atoms with E-state index in [9.17, 15) is 0 Å². The Balaban J connectivity index is 1.04. The predicted octanol–water partition coefficient (Wildman–Crippen LogP) is 5.02. The van der Waals surface area contributed by atoms with Crippen molar-refractivity contribution >= 4 is 5.65 Å². The van der Waals surface area contributed by atoms with Gasteiger partial charge in [-0.25, -0.2) is 19.9 Å². The molecule has 0 radical (unpaired) electrons. The molecule has 7 rings (SSSR count). The highest BCUT2D eigenvalue weighted by Gasteiger charge is 2.24. The van der Waals surface area contributed by atoms with Crippen LogP contribution in [-0.4, -0.2) is 57.5 Å². The molecule has 6 aromatic rings. The predicted molar refractivity (Wildman–Crippen MR) is 149 cm³/mol. The molecule has 0 spiro atoms. The molecular weight excluding hydrogens is 486 g/mol. The van der Waals surface area contributed by atoms with Crippen LogP contribution in [0.3, 0.4) is 0 Å². The average Bonchev–Trinajstić information content (AvgIpc) is 3.69. The smallest absolute Gasteiger partial charge is 0.201 e. The van der Waals surface area contributed by atoms with Gasteiger partial charge in [0.05, 0.1) is 17.5 Å². The van der Waals surface area contributed by atoms with Gasteiger partial charge in [0.1, 0.15) is 23.5 Å². The lowest BCUT2D eigenvalue weighted by Gasteiger charge is -2.31. The molecule has 0 atom stereocenters. The molecule has 0 aliphatic carbocycles. The molecule has 4 aromatic heterocycles. The van der Waals surface area contributed by atoms with Crippen LogP contribution in [-0.2, 0) is 6.54 Å². The van der Waals surface area contributed by atoms with Crippen molar-refractivity contribution < 1.29 is 0 Å². The molecule has 1 aliphatic rings. The van der Waals surface area contributed by atoms with Gasteiger partial charge in [-0.3, -0.25) is 19.4 Å². The maximum absolute atomic E-state index is 4.82. The Morgan fingerprint density at radius 3 is 2.49 bits per heavy atom. The molecule has 1 N–H and O–H groups in total. The van der Waals surface area contributed by atoms with Gasteiger partial charge in [-0.15, -0.1) is 0 Å². The molecule has 1 aliphatic heterocycles. The first-order chi connectivity index (χ1) is 19.3. The zero-order valence-corrected chi connectivity index (χ0v) is 21.4. The Labute approximate surface area is 225 Å². The summed E-state index contributed by atoms with van der Waals surface area (Å²) in [6.07, 6.45) is 12.7. The van der Waals surface area contributed by atoms with Crippen LogP contribution in [0, 0.1) is 0 Å². The lowest BCUT2D eigenvalue weighted by Crippen LogP contribution is -2.32. The molecule has 9 heteroatoms. The maximum atomic E-state index is 4.82. The van der Waals surface area contributed by atoms with Crippen molar-refractivity contribution in [2.45, 2.75) is 25.3 Å². The van der Waals surface area contributed by atoms with Gasteiger partial charge in [0.2, 0.25) is 5.82 Å². The second-order valence-corrected chi connectivity index (χ2v) is 9.87. The number of H-pyrrole nitrogens is 1. The highest BCUT2D eigenvalue weighted by Crippen LogP contribution is 2.34. The third-order valence-electron chi connectivity index (χ3n) is 7.41. The SMILES string of the molecule is c1ccc(-c2c(-c3ccc(CN4CCC(c5nc(-c6cnccn6)n[nH]5)CC4)cc3)ncn3ccnc23)cc1. The highest BCUT2D eigenvalue weighted by atomic mass is 15.2. The van der Waals surface area contributed by atoms with E-state index in [1.54, 1.807) is 18.6 Å². The second kappa shape index (κ2) is 10.2. The number of piperidine rings is 1. The fourth-order valence-electron chi connectivity index (χ4n) is 5.36. The number of aromatic nitrogens is 8. The first kappa shape index (κ1) is 23.4. The van der Waals surface area contributed by atoms with Gasteiger partial charge in [-0.05, 0) is 37.1 Å². The number of imidazole rings is 1. The normalized spacial score (nSPS) is 14.7. The first-order valence-corrected chi connectivity index (χ1v) is 13.2. The Morgan fingerprint density at radius 2 is 1.69 bits per heavy atom. The molecule has 5 heterocycles. The van der Waals surface area contributed by atoms with Crippen LogP contribution < -0.4 is 0 Å². The maximum Gasteiger partial charge on any atom is 0.201 e. The largest absolute Gasteiger partial charge is 0.299 e. The molecule has 1 fully saturated rings. The van der Waals surface area contributed by atoms with Crippen molar-refractivity contribution in [2.24, 2.45) is 0 Å². The van der Waals surface area contributed by atoms with Crippen molar-refractivity contribution in [3.63, 3.8) is 0 Å². The quantitative estimate of drug-likeness (QED) is 0.334. The Morgan fingerprint density at radius 1 is 0.846 bits per heavy atom. The number of rotatable bonds is 6. The van der Waals surface area contributed by atoms with Crippen molar-refractivity contribution in [3.8, 4) is 33.9 Å². The minimum atomic E-state index is 0.376. The Kier molecular flexibility index (Phi) is 6.10. The number of hydrogen-bond donors (Lipinski definition) is 1. The summed E-state index contributed by atoms with van der Waals surface area (Å²) in [6, 6.07) is 19.2. The number of nitrogens with zero attached hydrogens (tertiary/aromatic N) is 8. The third-order valence-corrected chi connectivity index (χ3v) is 7.41. The van der Waals surface area contributed by atoms with Crippen LogP contribution in [0.15, 0.2) is 91.9 Å². The minimum Gasteiger partial charge on any atom is -0.299 e. The lowest BCUT2D eigenvalue weighted by atomic mass is 9.95. The molecular formula is C30H27N9. The van der Waals surface area contributed by atoms with Gasteiger partial charge < -0.3 is 0 Å². The molecule has 9 nitrogen and oxygen atoms in total. The summed E-state index contributed by atoms with van der Waals surface area (Å²) < 4.78 is 1.97. The Bertz CT molecular complexity index is 1680. The van der Waals surface area contributed by atoms with Gasteiger partial charge in [0, 0.05) is 42.8 Å². The van der Waals surface area contributed by atoms with Crippen LogP contribution in [0.25, 0.3) is 39.5 Å². The van der Waals surface area contributed by atoms with Crippen LogP contribution in [0.5, 0.6) is 0 Å². The van der Waals surface area contributed by atoms with Gasteiger partial charge in [-0.1, -0.05) is 54.6 Å². The fourth-order valence-corrected chi connectivity index (χ4v) is 5.36. The summed E-state index contributed by atoms with van der Waals surface area (Å²) in [5.74, 6) is 1.93. The van der Waals surface area contributed by atoms with E-state index in [-0.39, 0.29) is 0 Å². The molecule has 2 aromatic carbocycles. The van der Waals surface area contributed by atoms with Crippen LogP contribution in [0.1, 0.15) is 30.1 Å². The van der Waals surface area contributed by atoms with E-state index >= 15 is 0 Å². The van der Waals surface area contributed by atoms with Crippen LogP contribution >= 0.6 is 0 Å². The number of aromatic amines is 1. The molecule has 0 bridgehead atoms. The van der Waals surface area contributed by atoms with E-state index in [1.165, 1.54) is 5.56 Å². The topological polar surface area (TPSA) is 101 Å². The third kappa shape index (κ3) is 4.68. The van der Waals surface area contributed by atoms with Crippen LogP contribution in [0.4, 0.5) is 0 Å². The molecule has 192 valence electrons. The number of nitrogens with one attached hydrogen (secondary N) is 1. The molecule has 0 unspecified atom stereocenters. The molecule has 0 amide bonds. The van der Waals surface area contributed by atoms with E-state index < -0.39 is 0 Å². The van der Waals surface area contributed by atoms with Gasteiger partial charge >= 0.3 is 0 Å². The molecule has 0 saturated carbocycles. The van der Waals surface area contributed by atoms with Gasteiger partial charge in [-0.2, -0.15) is 5.10 Å². The molecule has 1 saturated heterocycles. The van der Waals surface area contributed by atoms with E-state index in [2.05, 4.69) is 78.6 Å². The number of hydrogen-bond acceptors (Lipinski definition) is 7. The number of likely N-dealkylation sites (tertiary alicyclic amines) is 1. The van der Waals surface area contributed by atoms with Crippen LogP contribution in [0.2, 0.25) is 0 Å². The van der Waals surface area contributed by atoms with Gasteiger partial charge in [0.25, 0.3) is 0 Å². The van der Waals surface area contributed by atoms with Gasteiger partial charge in [0.15, 0.2) is 0 Å². The zero-order chi connectivity index (χ0) is 26.0. The lowest BCUT2D eigenvalue weighted by molar-refractivity contribution is 0.202. The summed E-state index contributed by atoms with van der Waals surface area (Å²) in [7, 11) is 0. The highest BCUT2D eigenvalue weighted by molar-refractivity contribution is 5.89. The second-order valence-electron chi connectivity index (χ2n) is 9.87. The zero-order valence-electron chi connectivity index (χ0n) is 21.4. The van der Waals surface area contributed by atoms with Crippen molar-refractivity contribution in [3.05, 3.63) is 103 Å². The fraction of sp³-hybridized carbons (Fsp3) is 0.200. The monoisotopic (exact) mass is 513 g/mol. The number of benzene rings is 2.